The van der Waals surface area contributed by atoms with Crippen LogP contribution in [0.25, 0.3) is 0 Å². The molecule has 0 saturated heterocycles. The van der Waals surface area contributed by atoms with Gasteiger partial charge in [0.1, 0.15) is 0 Å². The molecule has 1 aromatic rings. The van der Waals surface area contributed by atoms with Crippen LogP contribution in [-0.2, 0) is 6.42 Å². The lowest BCUT2D eigenvalue weighted by Gasteiger charge is -1.77. The van der Waals surface area contributed by atoms with Crippen molar-refractivity contribution in [1.82, 2.24) is 9.59 Å². The summed E-state index contributed by atoms with van der Waals surface area (Å²) in [6.45, 7) is 3.55. The Morgan fingerprint density at radius 1 is 1.88 bits per heavy atom. The molecule has 1 radical (unpaired) electrons. The molecule has 1 heterocycles. The Bertz CT molecular complexity index is 157. The molecule has 1 rings (SSSR count). The largest absolute Gasteiger partial charge is 0.142 e. The monoisotopic (exact) mass is 125 g/mol. The first kappa shape index (κ1) is 5.44. The van der Waals surface area contributed by atoms with Gasteiger partial charge >= 0.3 is 0 Å². The predicted octanol–water partition coefficient (Wildman–Crippen LogP) is 1.07. The lowest BCUT2D eigenvalue weighted by molar-refractivity contribution is 1.04. The second-order valence-electron chi connectivity index (χ2n) is 1.31. The second kappa shape index (κ2) is 2.57. The van der Waals surface area contributed by atoms with Crippen LogP contribution in [0.4, 0.5) is 0 Å². The Morgan fingerprint density at radius 2 is 2.75 bits per heavy atom. The quantitative estimate of drug-likeness (QED) is 0.552. The molecular weight excluding hydrogens is 120 g/mol. The van der Waals surface area contributed by atoms with Gasteiger partial charge in [-0.1, -0.05) is 10.6 Å². The molecule has 0 aliphatic carbocycles. The number of allylic oxidation sites excluding steroid dienone is 1. The van der Waals surface area contributed by atoms with Crippen LogP contribution in [0.5, 0.6) is 0 Å². The van der Waals surface area contributed by atoms with Crippen LogP contribution in [0.3, 0.4) is 0 Å². The van der Waals surface area contributed by atoms with Gasteiger partial charge in [0, 0.05) is 6.42 Å². The maximum atomic E-state index is 3.75. The molecule has 0 aliphatic rings. The van der Waals surface area contributed by atoms with Crippen LogP contribution in [0.1, 0.15) is 5.69 Å². The minimum atomic E-state index is 0.774. The molecule has 0 saturated carbocycles. The summed E-state index contributed by atoms with van der Waals surface area (Å²) in [6, 6.07) is 0. The van der Waals surface area contributed by atoms with Gasteiger partial charge in [-0.15, -0.1) is 11.7 Å². The number of aromatic nitrogens is 2. The van der Waals surface area contributed by atoms with Crippen molar-refractivity contribution >= 4 is 11.5 Å². The minimum absolute atomic E-state index is 0.774. The van der Waals surface area contributed by atoms with E-state index in [-0.39, 0.29) is 0 Å². The topological polar surface area (TPSA) is 25.8 Å². The van der Waals surface area contributed by atoms with Crippen LogP contribution in [0.2, 0.25) is 0 Å². The fraction of sp³-hybridized carbons (Fsp3) is 0.200. The van der Waals surface area contributed by atoms with E-state index in [1.807, 2.05) is 0 Å². The fourth-order valence-electron chi connectivity index (χ4n) is 0.382. The molecule has 1 aromatic heterocycles. The van der Waals surface area contributed by atoms with Crippen molar-refractivity contribution in [2.75, 3.05) is 0 Å². The number of hydrogen-bond acceptors (Lipinski definition) is 3. The van der Waals surface area contributed by atoms with E-state index in [1.54, 1.807) is 6.08 Å². The Balaban J connectivity index is 2.62. The van der Waals surface area contributed by atoms with Gasteiger partial charge in [0.25, 0.3) is 0 Å². The van der Waals surface area contributed by atoms with E-state index < -0.39 is 0 Å². The molecule has 0 unspecified atom stereocenters. The number of hydrogen-bond donors (Lipinski definition) is 0. The van der Waals surface area contributed by atoms with Crippen molar-refractivity contribution < 1.29 is 0 Å². The normalized spacial score (nSPS) is 9.00. The SMILES string of the molecule is C=CCc1[c]snn1. The van der Waals surface area contributed by atoms with Crippen LogP contribution >= 0.6 is 11.5 Å². The fourth-order valence-corrected chi connectivity index (χ4v) is 0.792. The van der Waals surface area contributed by atoms with Gasteiger partial charge < -0.3 is 0 Å². The summed E-state index contributed by atoms with van der Waals surface area (Å²) < 4.78 is 3.63. The highest BCUT2D eigenvalue weighted by Gasteiger charge is 1.89. The van der Waals surface area contributed by atoms with Gasteiger partial charge in [-0.25, -0.2) is 0 Å². The Morgan fingerprint density at radius 3 is 3.25 bits per heavy atom. The first-order valence-electron chi connectivity index (χ1n) is 2.23. The number of rotatable bonds is 2. The highest BCUT2D eigenvalue weighted by Crippen LogP contribution is 1.95. The van der Waals surface area contributed by atoms with E-state index in [0.717, 1.165) is 12.1 Å². The summed E-state index contributed by atoms with van der Waals surface area (Å²) in [5, 5.41) is 6.63. The smallest absolute Gasteiger partial charge is 0.0924 e. The van der Waals surface area contributed by atoms with Gasteiger partial charge in [-0.2, -0.15) is 0 Å². The third kappa shape index (κ3) is 1.13. The van der Waals surface area contributed by atoms with Crippen molar-refractivity contribution in [3.8, 4) is 0 Å². The molecule has 2 nitrogen and oxygen atoms in total. The van der Waals surface area contributed by atoms with E-state index in [2.05, 4.69) is 21.5 Å². The van der Waals surface area contributed by atoms with Gasteiger partial charge in [0.15, 0.2) is 0 Å². The molecule has 0 bridgehead atoms. The molecule has 0 spiro atoms. The Hall–Kier alpha value is -0.700. The first-order valence-corrected chi connectivity index (χ1v) is 3.00. The average Bonchev–Trinajstić information content (AvgIpc) is 2.19. The maximum absolute atomic E-state index is 3.75. The lowest BCUT2D eigenvalue weighted by atomic mass is 10.3. The molecule has 0 amide bonds. The predicted molar refractivity (Wildman–Crippen MR) is 32.6 cm³/mol. The van der Waals surface area contributed by atoms with Crippen molar-refractivity contribution in [1.29, 1.82) is 0 Å². The van der Waals surface area contributed by atoms with Crippen molar-refractivity contribution in [2.24, 2.45) is 0 Å². The van der Waals surface area contributed by atoms with Gasteiger partial charge in [-0.3, -0.25) is 0 Å². The zero-order valence-electron chi connectivity index (χ0n) is 4.29. The summed E-state index contributed by atoms with van der Waals surface area (Å²) in [5.74, 6) is 0. The van der Waals surface area contributed by atoms with Crippen LogP contribution in [0.15, 0.2) is 12.7 Å². The van der Waals surface area contributed by atoms with Crippen molar-refractivity contribution in [3.63, 3.8) is 0 Å². The Kier molecular flexibility index (Phi) is 1.75. The van der Waals surface area contributed by atoms with Crippen molar-refractivity contribution in [2.45, 2.75) is 6.42 Å². The Labute approximate surface area is 52.0 Å². The maximum Gasteiger partial charge on any atom is 0.0924 e. The molecule has 41 valence electrons. The van der Waals surface area contributed by atoms with Crippen molar-refractivity contribution in [3.05, 3.63) is 23.7 Å². The molecule has 0 aromatic carbocycles. The third-order valence-electron chi connectivity index (χ3n) is 0.704. The van der Waals surface area contributed by atoms with Gasteiger partial charge in [0.05, 0.1) is 11.1 Å². The van der Waals surface area contributed by atoms with Crippen LogP contribution in [-0.4, -0.2) is 9.59 Å². The number of nitrogens with zero attached hydrogens (tertiary/aromatic N) is 2. The highest BCUT2D eigenvalue weighted by atomic mass is 32.1. The van der Waals surface area contributed by atoms with Gasteiger partial charge in [0.2, 0.25) is 0 Å². The zero-order valence-corrected chi connectivity index (χ0v) is 5.11. The summed E-state index contributed by atoms with van der Waals surface area (Å²) in [6.07, 6.45) is 2.56. The third-order valence-corrected chi connectivity index (χ3v) is 1.19. The molecule has 0 atom stereocenters. The minimum Gasteiger partial charge on any atom is -0.142 e. The summed E-state index contributed by atoms with van der Waals surface area (Å²) in [5.41, 5.74) is 0.880. The summed E-state index contributed by atoms with van der Waals surface area (Å²) >= 11 is 1.25. The highest BCUT2D eigenvalue weighted by molar-refractivity contribution is 7.02. The molecule has 0 aliphatic heterocycles. The van der Waals surface area contributed by atoms with E-state index in [1.165, 1.54) is 11.5 Å². The van der Waals surface area contributed by atoms with E-state index in [0.29, 0.717) is 0 Å². The molecular formula is C5H5N2S. The second-order valence-corrected chi connectivity index (χ2v) is 1.86. The molecule has 0 fully saturated rings. The zero-order chi connectivity index (χ0) is 5.82. The van der Waals surface area contributed by atoms with Crippen LogP contribution in [0, 0.1) is 5.38 Å². The van der Waals surface area contributed by atoms with Gasteiger partial charge in [-0.05, 0) is 11.5 Å². The summed E-state index contributed by atoms with van der Waals surface area (Å²) in [7, 11) is 0. The molecule has 8 heavy (non-hydrogen) atoms. The molecule has 0 N–H and O–H groups in total. The summed E-state index contributed by atoms with van der Waals surface area (Å²) in [4.78, 5) is 0. The van der Waals surface area contributed by atoms with Crippen LogP contribution < -0.4 is 0 Å². The first-order chi connectivity index (χ1) is 3.93. The molecule has 3 heteroatoms. The van der Waals surface area contributed by atoms with E-state index in [4.69, 9.17) is 0 Å². The van der Waals surface area contributed by atoms with E-state index >= 15 is 0 Å². The van der Waals surface area contributed by atoms with E-state index in [9.17, 15) is 0 Å². The lowest BCUT2D eigenvalue weighted by Crippen LogP contribution is -1.78. The standard InChI is InChI=1S/C5H5N2S/c1-2-3-5-4-8-7-6-5/h2H,1,3H2. The average molecular weight is 125 g/mol.